The molecule has 0 amide bonds. The summed E-state index contributed by atoms with van der Waals surface area (Å²) in [4.78, 5) is 12.5. The van der Waals surface area contributed by atoms with Crippen molar-refractivity contribution in [3.05, 3.63) is 12.7 Å². The average Bonchev–Trinajstić information content (AvgIpc) is 2.95. The molecule has 0 spiro atoms. The molecule has 1 saturated carbocycles. The fraction of sp³-hybridized carbons (Fsp3) is 0.727. The summed E-state index contributed by atoms with van der Waals surface area (Å²) in [7, 11) is 0. The van der Waals surface area contributed by atoms with Crippen LogP contribution in [0.5, 0.6) is 0 Å². The van der Waals surface area contributed by atoms with Gasteiger partial charge in [-0.05, 0) is 13.0 Å². The highest BCUT2D eigenvalue weighted by molar-refractivity contribution is 5.54. The van der Waals surface area contributed by atoms with Gasteiger partial charge in [-0.2, -0.15) is 0 Å². The summed E-state index contributed by atoms with van der Waals surface area (Å²) < 4.78 is 0. The lowest BCUT2D eigenvalue weighted by atomic mass is 10.1. The Morgan fingerprint density at radius 3 is 2.46 bits per heavy atom. The van der Waals surface area contributed by atoms with Crippen molar-refractivity contribution in [2.24, 2.45) is 5.92 Å². The largest absolute Gasteiger partial charge is 0.303 e. The van der Waals surface area contributed by atoms with E-state index in [1.54, 1.807) is 0 Å². The molecule has 0 unspecified atom stereocenters. The lowest BCUT2D eigenvalue weighted by Crippen LogP contribution is -2.20. The molecule has 0 aromatic heterocycles. The zero-order chi connectivity index (χ0) is 9.52. The van der Waals surface area contributed by atoms with E-state index in [0.717, 1.165) is 32.3 Å². The average molecular weight is 181 g/mol. The Morgan fingerprint density at radius 2 is 2.08 bits per heavy atom. The van der Waals surface area contributed by atoms with Gasteiger partial charge in [-0.25, -0.2) is 0 Å². The Bertz CT molecular complexity index is 163. The first-order valence-electron chi connectivity index (χ1n) is 5.15. The van der Waals surface area contributed by atoms with E-state index in [2.05, 4.69) is 11.5 Å². The van der Waals surface area contributed by atoms with E-state index >= 15 is 0 Å². The first-order valence-corrected chi connectivity index (χ1v) is 5.15. The molecule has 0 N–H and O–H groups in total. The normalized spacial score (nSPS) is 26.0. The van der Waals surface area contributed by atoms with E-state index in [9.17, 15) is 4.79 Å². The molecule has 1 heterocycles. The molecule has 1 saturated heterocycles. The highest BCUT2D eigenvalue weighted by atomic mass is 16.1. The first kappa shape index (κ1) is 10.5. The highest BCUT2D eigenvalue weighted by Crippen LogP contribution is 2.15. The summed E-state index contributed by atoms with van der Waals surface area (Å²) >= 11 is 0. The topological polar surface area (TPSA) is 20.3 Å². The number of likely N-dealkylation sites (tertiary alicyclic amines) is 1. The molecule has 2 fully saturated rings. The summed E-state index contributed by atoms with van der Waals surface area (Å²) in [5.74, 6) is 0.278. The fourth-order valence-corrected chi connectivity index (χ4v) is 1.32. The van der Waals surface area contributed by atoms with Gasteiger partial charge in [0.25, 0.3) is 0 Å². The van der Waals surface area contributed by atoms with Crippen LogP contribution in [0, 0.1) is 5.92 Å². The van der Waals surface area contributed by atoms with Gasteiger partial charge >= 0.3 is 0 Å². The van der Waals surface area contributed by atoms with Crippen LogP contribution in [0.3, 0.4) is 0 Å². The SMILES string of the molecule is C1CC1.C=CCN1CC[C@H](C=O)C1. The Hall–Kier alpha value is -0.630. The Labute approximate surface area is 80.6 Å². The lowest BCUT2D eigenvalue weighted by molar-refractivity contribution is -0.110. The van der Waals surface area contributed by atoms with Crippen LogP contribution < -0.4 is 0 Å². The van der Waals surface area contributed by atoms with Crippen molar-refractivity contribution in [1.82, 2.24) is 4.90 Å². The van der Waals surface area contributed by atoms with Crippen molar-refractivity contribution >= 4 is 6.29 Å². The van der Waals surface area contributed by atoms with Gasteiger partial charge < -0.3 is 4.79 Å². The van der Waals surface area contributed by atoms with Crippen molar-refractivity contribution in [1.29, 1.82) is 0 Å². The Balaban J connectivity index is 0.000000236. The number of aldehydes is 1. The number of rotatable bonds is 3. The standard InChI is InChI=1S/C8H13NO.C3H6/c1-2-4-9-5-3-8(6-9)7-10;1-2-3-1/h2,7-8H,1,3-6H2;1-3H2/t8-;/m0./s1. The molecule has 1 aliphatic carbocycles. The van der Waals surface area contributed by atoms with Crippen molar-refractivity contribution in [2.75, 3.05) is 19.6 Å². The molecule has 2 nitrogen and oxygen atoms in total. The number of carbonyl (C=O) groups excluding carboxylic acids is 1. The summed E-state index contributed by atoms with van der Waals surface area (Å²) in [6.45, 7) is 6.54. The molecule has 2 rings (SSSR count). The van der Waals surface area contributed by atoms with Crippen molar-refractivity contribution in [2.45, 2.75) is 25.7 Å². The van der Waals surface area contributed by atoms with Gasteiger partial charge in [-0.1, -0.05) is 25.3 Å². The van der Waals surface area contributed by atoms with Crippen molar-refractivity contribution in [3.63, 3.8) is 0 Å². The molecule has 1 aliphatic heterocycles. The van der Waals surface area contributed by atoms with Gasteiger partial charge in [-0.3, -0.25) is 4.90 Å². The van der Waals surface area contributed by atoms with Crippen LogP contribution >= 0.6 is 0 Å². The summed E-state index contributed by atoms with van der Waals surface area (Å²) in [5, 5.41) is 0. The molecule has 2 aliphatic rings. The molecule has 0 aromatic carbocycles. The van der Waals surface area contributed by atoms with E-state index < -0.39 is 0 Å². The van der Waals surface area contributed by atoms with E-state index in [0.29, 0.717) is 0 Å². The summed E-state index contributed by atoms with van der Waals surface area (Å²) in [5.41, 5.74) is 0. The predicted octanol–water partition coefficient (Wildman–Crippen LogP) is 1.86. The lowest BCUT2D eigenvalue weighted by Gasteiger charge is -2.10. The van der Waals surface area contributed by atoms with Crippen LogP contribution in [-0.4, -0.2) is 30.8 Å². The molecule has 13 heavy (non-hydrogen) atoms. The van der Waals surface area contributed by atoms with Gasteiger partial charge in [0, 0.05) is 19.0 Å². The molecule has 74 valence electrons. The second-order valence-electron chi connectivity index (χ2n) is 3.79. The number of hydrogen-bond acceptors (Lipinski definition) is 2. The van der Waals surface area contributed by atoms with E-state index in [1.165, 1.54) is 19.3 Å². The Morgan fingerprint density at radius 1 is 1.38 bits per heavy atom. The fourth-order valence-electron chi connectivity index (χ4n) is 1.32. The Kier molecular flexibility index (Phi) is 4.76. The number of nitrogens with zero attached hydrogens (tertiary/aromatic N) is 1. The van der Waals surface area contributed by atoms with Gasteiger partial charge in [0.2, 0.25) is 0 Å². The van der Waals surface area contributed by atoms with Gasteiger partial charge in [0.15, 0.2) is 0 Å². The third kappa shape index (κ3) is 4.83. The molecular formula is C11H19NO. The minimum absolute atomic E-state index is 0.278. The zero-order valence-corrected chi connectivity index (χ0v) is 8.24. The van der Waals surface area contributed by atoms with E-state index in [-0.39, 0.29) is 5.92 Å². The minimum atomic E-state index is 0.278. The third-order valence-corrected chi connectivity index (χ3v) is 2.24. The second-order valence-corrected chi connectivity index (χ2v) is 3.79. The smallest absolute Gasteiger partial charge is 0.124 e. The van der Waals surface area contributed by atoms with E-state index in [1.807, 2.05) is 6.08 Å². The maximum absolute atomic E-state index is 10.3. The van der Waals surface area contributed by atoms with Gasteiger partial charge in [-0.15, -0.1) is 6.58 Å². The van der Waals surface area contributed by atoms with Crippen LogP contribution in [0.15, 0.2) is 12.7 Å². The molecule has 0 radical (unpaired) electrons. The molecular weight excluding hydrogens is 162 g/mol. The number of carbonyl (C=O) groups is 1. The first-order chi connectivity index (χ1) is 6.36. The van der Waals surface area contributed by atoms with E-state index in [4.69, 9.17) is 0 Å². The summed E-state index contributed by atoms with van der Waals surface area (Å²) in [6.07, 6.45) is 8.47. The molecule has 1 atom stereocenters. The highest BCUT2D eigenvalue weighted by Gasteiger charge is 2.19. The molecule has 0 bridgehead atoms. The third-order valence-electron chi connectivity index (χ3n) is 2.24. The van der Waals surface area contributed by atoms with Crippen molar-refractivity contribution < 1.29 is 4.79 Å². The maximum atomic E-state index is 10.3. The predicted molar refractivity (Wildman–Crippen MR) is 54.7 cm³/mol. The minimum Gasteiger partial charge on any atom is -0.303 e. The molecule has 2 heteroatoms. The van der Waals surface area contributed by atoms with Gasteiger partial charge in [0.05, 0.1) is 0 Å². The quantitative estimate of drug-likeness (QED) is 0.489. The van der Waals surface area contributed by atoms with Crippen LogP contribution in [0.4, 0.5) is 0 Å². The summed E-state index contributed by atoms with van der Waals surface area (Å²) in [6, 6.07) is 0. The molecule has 0 aromatic rings. The number of hydrogen-bond donors (Lipinski definition) is 0. The van der Waals surface area contributed by atoms with Crippen LogP contribution in [-0.2, 0) is 4.79 Å². The van der Waals surface area contributed by atoms with Gasteiger partial charge in [0.1, 0.15) is 6.29 Å². The second kappa shape index (κ2) is 5.92. The zero-order valence-electron chi connectivity index (χ0n) is 8.24. The van der Waals surface area contributed by atoms with Crippen LogP contribution in [0.25, 0.3) is 0 Å². The maximum Gasteiger partial charge on any atom is 0.124 e. The van der Waals surface area contributed by atoms with Crippen molar-refractivity contribution in [3.8, 4) is 0 Å². The monoisotopic (exact) mass is 181 g/mol. The van der Waals surface area contributed by atoms with Crippen LogP contribution in [0.1, 0.15) is 25.7 Å². The van der Waals surface area contributed by atoms with Crippen LogP contribution in [0.2, 0.25) is 0 Å².